The summed E-state index contributed by atoms with van der Waals surface area (Å²) >= 11 is 0. The summed E-state index contributed by atoms with van der Waals surface area (Å²) in [5.74, 6) is 1.63. The predicted octanol–water partition coefficient (Wildman–Crippen LogP) is 5.95. The lowest BCUT2D eigenvalue weighted by molar-refractivity contribution is -0.144. The van der Waals surface area contributed by atoms with Crippen LogP contribution < -0.4 is 0 Å². The molecule has 0 amide bonds. The summed E-state index contributed by atoms with van der Waals surface area (Å²) in [5.41, 5.74) is 3.40. The summed E-state index contributed by atoms with van der Waals surface area (Å²) in [6.45, 7) is 5.13. The fourth-order valence-electron chi connectivity index (χ4n) is 7.05. The van der Waals surface area contributed by atoms with Gasteiger partial charge in [0.25, 0.3) is 0 Å². The Kier molecular flexibility index (Phi) is 9.14. The van der Waals surface area contributed by atoms with E-state index in [1.807, 2.05) is 18.2 Å². The molecule has 1 N–H and O–H groups in total. The smallest absolute Gasteiger partial charge is 0.320 e. The van der Waals surface area contributed by atoms with Crippen LogP contribution in [0.3, 0.4) is 0 Å². The summed E-state index contributed by atoms with van der Waals surface area (Å²) in [5, 5.41) is 19.2. The normalized spacial score (nSPS) is 24.1. The maximum absolute atomic E-state index is 12.3. The van der Waals surface area contributed by atoms with Crippen LogP contribution in [0.2, 0.25) is 0 Å². The van der Waals surface area contributed by atoms with Crippen molar-refractivity contribution in [2.24, 2.45) is 17.8 Å². The quantitative estimate of drug-likeness (QED) is 0.402. The van der Waals surface area contributed by atoms with Crippen molar-refractivity contribution in [1.82, 2.24) is 9.80 Å². The third kappa shape index (κ3) is 6.84. The number of carboxylic acid groups (broad SMARTS) is 1. The Morgan fingerprint density at radius 1 is 1.00 bits per heavy atom. The molecule has 2 aromatic carbocycles. The first-order chi connectivity index (χ1) is 18.6. The minimum absolute atomic E-state index is 0.337. The molecule has 0 radical (unpaired) electrons. The lowest BCUT2D eigenvalue weighted by Crippen LogP contribution is -2.43. The minimum Gasteiger partial charge on any atom is -0.480 e. The van der Waals surface area contributed by atoms with Crippen molar-refractivity contribution in [3.63, 3.8) is 0 Å². The number of piperidine rings is 1. The first kappa shape index (κ1) is 26.9. The average molecular weight is 514 g/mol. The molecule has 2 heterocycles. The average Bonchev–Trinajstić information content (AvgIpc) is 3.32. The van der Waals surface area contributed by atoms with Gasteiger partial charge in [-0.25, -0.2) is 0 Å². The highest BCUT2D eigenvalue weighted by atomic mass is 16.4. The summed E-state index contributed by atoms with van der Waals surface area (Å²) in [6, 6.07) is 20.7. The molecule has 0 bridgehead atoms. The Balaban J connectivity index is 1.14. The number of rotatable bonds is 11. The van der Waals surface area contributed by atoms with Gasteiger partial charge in [0.15, 0.2) is 0 Å². The van der Waals surface area contributed by atoms with Crippen LogP contribution in [0.25, 0.3) is 0 Å². The fourth-order valence-corrected chi connectivity index (χ4v) is 7.05. The monoisotopic (exact) mass is 513 g/mol. The molecule has 0 aromatic heterocycles. The lowest BCUT2D eigenvalue weighted by atomic mass is 9.80. The number of benzene rings is 2. The number of nitriles is 1. The van der Waals surface area contributed by atoms with E-state index < -0.39 is 5.97 Å². The molecule has 3 fully saturated rings. The van der Waals surface area contributed by atoms with Crippen molar-refractivity contribution < 1.29 is 9.90 Å². The molecule has 5 nitrogen and oxygen atoms in total. The summed E-state index contributed by atoms with van der Waals surface area (Å²) in [6.07, 6.45) is 10.5. The molecule has 202 valence electrons. The maximum Gasteiger partial charge on any atom is 0.320 e. The summed E-state index contributed by atoms with van der Waals surface area (Å²) < 4.78 is 0. The van der Waals surface area contributed by atoms with Crippen molar-refractivity contribution in [3.8, 4) is 6.07 Å². The second-order valence-corrected chi connectivity index (χ2v) is 12.1. The lowest BCUT2D eigenvalue weighted by Gasteiger charge is -2.35. The van der Waals surface area contributed by atoms with Gasteiger partial charge in [0.1, 0.15) is 6.04 Å². The topological polar surface area (TPSA) is 67.6 Å². The molecular formula is C33H43N3O2. The molecule has 5 rings (SSSR count). The van der Waals surface area contributed by atoms with E-state index in [-0.39, 0.29) is 6.04 Å². The number of carbonyl (C=O) groups is 1. The van der Waals surface area contributed by atoms with E-state index in [2.05, 4.69) is 52.3 Å². The Bertz CT molecular complexity index is 1080. The molecule has 2 aliphatic heterocycles. The summed E-state index contributed by atoms with van der Waals surface area (Å²) in [7, 11) is 0. The van der Waals surface area contributed by atoms with E-state index in [0.717, 1.165) is 57.0 Å². The third-order valence-corrected chi connectivity index (χ3v) is 9.54. The van der Waals surface area contributed by atoms with Gasteiger partial charge in [-0.15, -0.1) is 0 Å². The summed E-state index contributed by atoms with van der Waals surface area (Å²) in [4.78, 5) is 17.2. The largest absolute Gasteiger partial charge is 0.480 e. The van der Waals surface area contributed by atoms with Gasteiger partial charge < -0.3 is 10.0 Å². The molecule has 1 aliphatic carbocycles. The van der Waals surface area contributed by atoms with Gasteiger partial charge in [-0.2, -0.15) is 5.26 Å². The predicted molar refractivity (Wildman–Crippen MR) is 151 cm³/mol. The molecule has 3 aliphatic rings. The van der Waals surface area contributed by atoms with E-state index in [4.69, 9.17) is 5.26 Å². The van der Waals surface area contributed by atoms with E-state index in [1.54, 1.807) is 0 Å². The van der Waals surface area contributed by atoms with Gasteiger partial charge in [0.05, 0.1) is 11.6 Å². The van der Waals surface area contributed by atoms with Crippen molar-refractivity contribution >= 4 is 5.97 Å². The zero-order valence-corrected chi connectivity index (χ0v) is 22.7. The molecular weight excluding hydrogens is 470 g/mol. The maximum atomic E-state index is 12.3. The molecule has 1 saturated carbocycles. The molecule has 5 heteroatoms. The van der Waals surface area contributed by atoms with Crippen LogP contribution in [0.4, 0.5) is 0 Å². The van der Waals surface area contributed by atoms with Crippen LogP contribution in [0.1, 0.15) is 74.0 Å². The second-order valence-electron chi connectivity index (χ2n) is 12.1. The number of nitrogens with zero attached hydrogens (tertiary/aromatic N) is 3. The molecule has 38 heavy (non-hydrogen) atoms. The highest BCUT2D eigenvalue weighted by molar-refractivity contribution is 5.73. The fraction of sp³-hybridized carbons (Fsp3) is 0.576. The zero-order chi connectivity index (χ0) is 26.3. The van der Waals surface area contributed by atoms with Crippen LogP contribution in [-0.4, -0.2) is 59.6 Å². The number of hydrogen-bond donors (Lipinski definition) is 1. The van der Waals surface area contributed by atoms with Crippen molar-refractivity contribution in [1.29, 1.82) is 5.26 Å². The molecule has 0 unspecified atom stereocenters. The van der Waals surface area contributed by atoms with Crippen LogP contribution in [0.5, 0.6) is 0 Å². The van der Waals surface area contributed by atoms with Gasteiger partial charge in [0.2, 0.25) is 0 Å². The number of aryl methyl sites for hydroxylation is 1. The Morgan fingerprint density at radius 3 is 2.47 bits per heavy atom. The number of likely N-dealkylation sites (tertiary alicyclic amines) is 2. The standard InChI is InChI=1S/C33H43N3O2/c34-21-28-12-6-9-26(19-28)8-4-7-25-15-17-35(18-16-25)22-30-23-36(24-31(30)29-13-2-1-3-14-29)32(33(37)38)20-27-10-5-11-27/h1-3,6,9,12-14,19,25,27,30-32H,4-5,7-8,10-11,15-18,20,22-24H2,(H,37,38)/t30-,31+,32+/m0/s1. The van der Waals surface area contributed by atoms with Gasteiger partial charge in [0, 0.05) is 25.6 Å². The van der Waals surface area contributed by atoms with E-state index in [9.17, 15) is 9.90 Å². The number of aliphatic carboxylic acids is 1. The third-order valence-electron chi connectivity index (χ3n) is 9.54. The Hall–Kier alpha value is -2.68. The van der Waals surface area contributed by atoms with Crippen LogP contribution >= 0.6 is 0 Å². The SMILES string of the molecule is N#Cc1cccc(CCCC2CCN(C[C@H]3CN([C@H](CC4CCC4)C(=O)O)C[C@@H]3c3ccccc3)CC2)c1. The van der Waals surface area contributed by atoms with Crippen molar-refractivity contribution in [3.05, 3.63) is 71.3 Å². The van der Waals surface area contributed by atoms with E-state index in [0.29, 0.717) is 17.8 Å². The van der Waals surface area contributed by atoms with Crippen LogP contribution in [-0.2, 0) is 11.2 Å². The zero-order valence-electron chi connectivity index (χ0n) is 22.7. The van der Waals surface area contributed by atoms with Gasteiger partial charge in [-0.05, 0) is 86.2 Å². The highest BCUT2D eigenvalue weighted by Crippen LogP contribution is 2.38. The Labute approximate surface area is 228 Å². The molecule has 2 aromatic rings. The first-order valence-electron chi connectivity index (χ1n) is 14.8. The molecule has 2 saturated heterocycles. The highest BCUT2D eigenvalue weighted by Gasteiger charge is 2.41. The number of carboxylic acids is 1. The number of hydrogen-bond acceptors (Lipinski definition) is 4. The first-order valence-corrected chi connectivity index (χ1v) is 14.8. The van der Waals surface area contributed by atoms with Crippen LogP contribution in [0, 0.1) is 29.1 Å². The van der Waals surface area contributed by atoms with E-state index in [1.165, 1.54) is 56.1 Å². The molecule has 0 spiro atoms. The van der Waals surface area contributed by atoms with Gasteiger partial charge in [-0.3, -0.25) is 9.69 Å². The minimum atomic E-state index is -0.635. The van der Waals surface area contributed by atoms with Crippen LogP contribution in [0.15, 0.2) is 54.6 Å². The van der Waals surface area contributed by atoms with Gasteiger partial charge in [-0.1, -0.05) is 68.1 Å². The Morgan fingerprint density at radius 2 is 1.79 bits per heavy atom. The second kappa shape index (κ2) is 12.9. The van der Waals surface area contributed by atoms with E-state index >= 15 is 0 Å². The molecule has 3 atom stereocenters. The van der Waals surface area contributed by atoms with Gasteiger partial charge >= 0.3 is 5.97 Å². The van der Waals surface area contributed by atoms with Crippen molar-refractivity contribution in [2.75, 3.05) is 32.7 Å². The van der Waals surface area contributed by atoms with Crippen molar-refractivity contribution in [2.45, 2.75) is 69.7 Å².